The first-order valence-electron chi connectivity index (χ1n) is 8.05. The van der Waals surface area contributed by atoms with Crippen molar-refractivity contribution in [2.75, 3.05) is 6.61 Å². The summed E-state index contributed by atoms with van der Waals surface area (Å²) in [5.41, 5.74) is 1.86. The topological polar surface area (TPSA) is 75.2 Å². The Labute approximate surface area is 140 Å². The van der Waals surface area contributed by atoms with Crippen molar-refractivity contribution in [1.82, 2.24) is 14.5 Å². The van der Waals surface area contributed by atoms with E-state index in [0.29, 0.717) is 29.9 Å². The summed E-state index contributed by atoms with van der Waals surface area (Å²) in [5.74, 6) is 6.35. The standard InChI is InChI=1S/C16H23ClN4O2/c1-4-12-9(2)7-13(23-12)21-8-11(5-6-22-18)14-15(17)19-10(3)20-16(14)21/h8-9,12-13H,4-7,18H2,1-3H3. The van der Waals surface area contributed by atoms with Crippen LogP contribution in [0.2, 0.25) is 5.15 Å². The van der Waals surface area contributed by atoms with E-state index in [1.54, 1.807) is 0 Å². The second-order valence-electron chi connectivity index (χ2n) is 6.19. The van der Waals surface area contributed by atoms with E-state index in [1.807, 2.05) is 6.92 Å². The molecule has 0 radical (unpaired) electrons. The van der Waals surface area contributed by atoms with Gasteiger partial charge in [-0.05, 0) is 31.2 Å². The van der Waals surface area contributed by atoms with Gasteiger partial charge >= 0.3 is 0 Å². The second kappa shape index (κ2) is 6.73. The maximum atomic E-state index is 6.37. The predicted octanol–water partition coefficient (Wildman–Crippen LogP) is 3.16. The van der Waals surface area contributed by atoms with Crippen LogP contribution in [0, 0.1) is 12.8 Å². The van der Waals surface area contributed by atoms with Crippen LogP contribution in [-0.2, 0) is 16.0 Å². The minimum absolute atomic E-state index is 0.0182. The molecule has 1 aliphatic rings. The molecule has 0 amide bonds. The molecule has 1 fully saturated rings. The number of hydrogen-bond acceptors (Lipinski definition) is 5. The largest absolute Gasteiger partial charge is 0.354 e. The first kappa shape index (κ1) is 16.6. The molecule has 1 saturated heterocycles. The van der Waals surface area contributed by atoms with Gasteiger partial charge in [-0.15, -0.1) is 0 Å². The minimum Gasteiger partial charge on any atom is -0.354 e. The van der Waals surface area contributed by atoms with E-state index < -0.39 is 0 Å². The molecule has 3 rings (SSSR count). The van der Waals surface area contributed by atoms with E-state index in [2.05, 4.69) is 34.6 Å². The Morgan fingerprint density at radius 2 is 2.26 bits per heavy atom. The normalized spacial score (nSPS) is 24.7. The predicted molar refractivity (Wildman–Crippen MR) is 89.1 cm³/mol. The Morgan fingerprint density at radius 3 is 2.91 bits per heavy atom. The number of aromatic nitrogens is 3. The maximum absolute atomic E-state index is 6.37. The van der Waals surface area contributed by atoms with Gasteiger partial charge in [0.25, 0.3) is 0 Å². The zero-order valence-corrected chi connectivity index (χ0v) is 14.5. The van der Waals surface area contributed by atoms with Crippen LogP contribution in [0.4, 0.5) is 0 Å². The summed E-state index contributed by atoms with van der Waals surface area (Å²) >= 11 is 6.37. The summed E-state index contributed by atoms with van der Waals surface area (Å²) in [4.78, 5) is 13.6. The first-order chi connectivity index (χ1) is 11.0. The van der Waals surface area contributed by atoms with Crippen molar-refractivity contribution in [1.29, 1.82) is 0 Å². The Balaban J connectivity index is 2.06. The van der Waals surface area contributed by atoms with E-state index in [-0.39, 0.29) is 12.3 Å². The second-order valence-corrected chi connectivity index (χ2v) is 6.55. The SMILES string of the molecule is CCC1OC(n2cc(CCON)c3c(Cl)nc(C)nc32)CC1C. The Bertz CT molecular complexity index is 703. The van der Waals surface area contributed by atoms with Gasteiger partial charge in [0.2, 0.25) is 0 Å². The van der Waals surface area contributed by atoms with Crippen molar-refractivity contribution >= 4 is 22.6 Å². The molecular weight excluding hydrogens is 316 g/mol. The van der Waals surface area contributed by atoms with Gasteiger partial charge in [-0.25, -0.2) is 15.9 Å². The van der Waals surface area contributed by atoms with E-state index in [4.69, 9.17) is 27.1 Å². The van der Waals surface area contributed by atoms with Crippen molar-refractivity contribution in [2.24, 2.45) is 11.8 Å². The number of nitrogens with two attached hydrogens (primary N) is 1. The van der Waals surface area contributed by atoms with Crippen LogP contribution < -0.4 is 5.90 Å². The van der Waals surface area contributed by atoms with Gasteiger partial charge in [-0.3, -0.25) is 0 Å². The summed E-state index contributed by atoms with van der Waals surface area (Å²) in [7, 11) is 0. The molecule has 2 aromatic heterocycles. The lowest BCUT2D eigenvalue weighted by Gasteiger charge is -2.15. The Morgan fingerprint density at radius 1 is 1.48 bits per heavy atom. The number of fused-ring (bicyclic) bond motifs is 1. The number of halogens is 1. The van der Waals surface area contributed by atoms with Gasteiger partial charge in [-0.2, -0.15) is 0 Å². The molecule has 1 aliphatic heterocycles. The fourth-order valence-corrected chi connectivity index (χ4v) is 3.73. The van der Waals surface area contributed by atoms with Crippen LogP contribution >= 0.6 is 11.6 Å². The molecule has 0 spiro atoms. The fourth-order valence-electron chi connectivity index (χ4n) is 3.40. The molecule has 6 nitrogen and oxygen atoms in total. The minimum atomic E-state index is -0.0182. The molecule has 0 aromatic carbocycles. The van der Waals surface area contributed by atoms with E-state index in [1.165, 1.54) is 0 Å². The highest BCUT2D eigenvalue weighted by atomic mass is 35.5. The van der Waals surface area contributed by atoms with Crippen molar-refractivity contribution in [3.8, 4) is 0 Å². The third-order valence-corrected chi connectivity index (χ3v) is 4.83. The lowest BCUT2D eigenvalue weighted by Crippen LogP contribution is -2.12. The molecule has 0 saturated carbocycles. The third-order valence-electron chi connectivity index (χ3n) is 4.56. The van der Waals surface area contributed by atoms with Crippen molar-refractivity contribution < 1.29 is 9.57 Å². The molecule has 7 heteroatoms. The lowest BCUT2D eigenvalue weighted by atomic mass is 10.0. The number of aryl methyl sites for hydroxylation is 1. The van der Waals surface area contributed by atoms with Gasteiger partial charge in [0.05, 0.1) is 18.1 Å². The molecule has 3 atom stereocenters. The van der Waals surface area contributed by atoms with Gasteiger partial charge in [0.1, 0.15) is 22.9 Å². The highest BCUT2D eigenvalue weighted by molar-refractivity contribution is 6.34. The molecule has 126 valence electrons. The zero-order chi connectivity index (χ0) is 16.6. The quantitative estimate of drug-likeness (QED) is 0.669. The van der Waals surface area contributed by atoms with E-state index >= 15 is 0 Å². The van der Waals surface area contributed by atoms with Crippen LogP contribution in [0.5, 0.6) is 0 Å². The van der Waals surface area contributed by atoms with Crippen LogP contribution in [0.25, 0.3) is 11.0 Å². The highest BCUT2D eigenvalue weighted by Gasteiger charge is 2.33. The smallest absolute Gasteiger partial charge is 0.147 e. The summed E-state index contributed by atoms with van der Waals surface area (Å²) in [5, 5.41) is 1.34. The monoisotopic (exact) mass is 338 g/mol. The number of ether oxygens (including phenoxy) is 1. The van der Waals surface area contributed by atoms with Crippen LogP contribution in [-0.4, -0.2) is 27.2 Å². The molecule has 2 N–H and O–H groups in total. The van der Waals surface area contributed by atoms with Gasteiger partial charge in [0.15, 0.2) is 0 Å². The molecule has 2 aromatic rings. The molecule has 0 aliphatic carbocycles. The Kier molecular flexibility index (Phi) is 4.87. The molecule has 23 heavy (non-hydrogen) atoms. The van der Waals surface area contributed by atoms with Crippen molar-refractivity contribution in [3.63, 3.8) is 0 Å². The van der Waals surface area contributed by atoms with Gasteiger partial charge in [-0.1, -0.05) is 25.4 Å². The molecule has 3 unspecified atom stereocenters. The molecule has 3 heterocycles. The zero-order valence-electron chi connectivity index (χ0n) is 13.8. The van der Waals surface area contributed by atoms with Crippen LogP contribution in [0.15, 0.2) is 6.20 Å². The Hall–Kier alpha value is -1.21. The van der Waals surface area contributed by atoms with Crippen LogP contribution in [0.1, 0.15) is 44.3 Å². The summed E-state index contributed by atoms with van der Waals surface area (Å²) < 4.78 is 8.31. The van der Waals surface area contributed by atoms with Crippen molar-refractivity contribution in [2.45, 2.75) is 52.4 Å². The average Bonchev–Trinajstić information content (AvgIpc) is 3.05. The third kappa shape index (κ3) is 3.08. The molecular formula is C16H23ClN4O2. The maximum Gasteiger partial charge on any atom is 0.147 e. The van der Waals surface area contributed by atoms with Gasteiger partial charge in [0, 0.05) is 12.6 Å². The first-order valence-corrected chi connectivity index (χ1v) is 8.43. The van der Waals surface area contributed by atoms with E-state index in [9.17, 15) is 0 Å². The van der Waals surface area contributed by atoms with Crippen molar-refractivity contribution in [3.05, 3.63) is 22.7 Å². The van der Waals surface area contributed by atoms with E-state index in [0.717, 1.165) is 29.4 Å². The average molecular weight is 339 g/mol. The molecule has 0 bridgehead atoms. The summed E-state index contributed by atoms with van der Waals surface area (Å²) in [6, 6.07) is 0. The summed E-state index contributed by atoms with van der Waals surface area (Å²) in [6.45, 7) is 6.65. The number of hydrogen-bond donors (Lipinski definition) is 1. The summed E-state index contributed by atoms with van der Waals surface area (Å²) in [6.07, 6.45) is 4.96. The van der Waals surface area contributed by atoms with Gasteiger partial charge < -0.3 is 14.1 Å². The fraction of sp³-hybridized carbons (Fsp3) is 0.625. The van der Waals surface area contributed by atoms with Crippen LogP contribution in [0.3, 0.4) is 0 Å². The highest BCUT2D eigenvalue weighted by Crippen LogP contribution is 2.38. The number of nitrogens with zero attached hydrogens (tertiary/aromatic N) is 3. The number of rotatable bonds is 5. The lowest BCUT2D eigenvalue weighted by molar-refractivity contribution is -0.00284.